The van der Waals surface area contributed by atoms with Crippen molar-refractivity contribution < 1.29 is 5.21 Å². The Morgan fingerprint density at radius 1 is 1.37 bits per heavy atom. The fourth-order valence-electron chi connectivity index (χ4n) is 4.54. The molecule has 3 unspecified atom stereocenters. The fourth-order valence-corrected chi connectivity index (χ4v) is 4.54. The van der Waals surface area contributed by atoms with Gasteiger partial charge in [0.15, 0.2) is 0 Å². The lowest BCUT2D eigenvalue weighted by Gasteiger charge is -2.43. The second-order valence-corrected chi connectivity index (χ2v) is 7.35. The van der Waals surface area contributed by atoms with Crippen molar-refractivity contribution in [2.24, 2.45) is 27.6 Å². The van der Waals surface area contributed by atoms with Gasteiger partial charge in [-0.2, -0.15) is 0 Å². The molecule has 0 spiro atoms. The molecule has 4 heteroatoms. The minimum absolute atomic E-state index is 0.340. The summed E-state index contributed by atoms with van der Waals surface area (Å²) >= 11 is 0. The summed E-state index contributed by atoms with van der Waals surface area (Å²) in [6, 6.07) is 0.641. The maximum absolute atomic E-state index is 8.49. The first-order chi connectivity index (χ1) is 8.90. The molecule has 0 aromatic carbocycles. The molecule has 2 fully saturated rings. The lowest BCUT2D eigenvalue weighted by atomic mass is 9.68. The SMILES string of the molecule is CC12CCC(C1)C(C)(C)C2NCCCCC(N)=NO. The minimum atomic E-state index is 0.340. The van der Waals surface area contributed by atoms with E-state index < -0.39 is 0 Å². The van der Waals surface area contributed by atoms with Crippen molar-refractivity contribution in [2.45, 2.75) is 65.3 Å². The number of oxime groups is 1. The molecule has 2 aliphatic carbocycles. The first-order valence-electron chi connectivity index (χ1n) is 7.60. The van der Waals surface area contributed by atoms with Crippen molar-refractivity contribution in [2.75, 3.05) is 6.54 Å². The second kappa shape index (κ2) is 5.31. The zero-order valence-electron chi connectivity index (χ0n) is 12.6. The van der Waals surface area contributed by atoms with E-state index >= 15 is 0 Å². The Morgan fingerprint density at radius 2 is 2.11 bits per heavy atom. The maximum atomic E-state index is 8.49. The van der Waals surface area contributed by atoms with Crippen molar-refractivity contribution in [3.63, 3.8) is 0 Å². The largest absolute Gasteiger partial charge is 0.409 e. The van der Waals surface area contributed by atoms with Crippen LogP contribution >= 0.6 is 0 Å². The third-order valence-electron chi connectivity index (χ3n) is 5.61. The quantitative estimate of drug-likeness (QED) is 0.228. The summed E-state index contributed by atoms with van der Waals surface area (Å²) in [4.78, 5) is 0. The van der Waals surface area contributed by atoms with Gasteiger partial charge in [-0.25, -0.2) is 0 Å². The van der Waals surface area contributed by atoms with Crippen LogP contribution in [0.3, 0.4) is 0 Å². The van der Waals surface area contributed by atoms with E-state index in [2.05, 4.69) is 31.2 Å². The van der Waals surface area contributed by atoms with Gasteiger partial charge in [-0.3, -0.25) is 0 Å². The molecule has 2 bridgehead atoms. The minimum Gasteiger partial charge on any atom is -0.409 e. The van der Waals surface area contributed by atoms with Crippen LogP contribution in [0.5, 0.6) is 0 Å². The van der Waals surface area contributed by atoms with Crippen LogP contribution in [-0.4, -0.2) is 23.6 Å². The highest BCUT2D eigenvalue weighted by molar-refractivity contribution is 5.79. The maximum Gasteiger partial charge on any atom is 0.139 e. The summed E-state index contributed by atoms with van der Waals surface area (Å²) in [6.07, 6.45) is 6.93. The lowest BCUT2D eigenvalue weighted by Crippen LogP contribution is -2.50. The van der Waals surface area contributed by atoms with Gasteiger partial charge in [-0.05, 0) is 55.4 Å². The Labute approximate surface area is 116 Å². The monoisotopic (exact) mass is 267 g/mol. The summed E-state index contributed by atoms with van der Waals surface area (Å²) in [5.74, 6) is 1.24. The number of unbranched alkanes of at least 4 members (excludes halogenated alkanes) is 1. The van der Waals surface area contributed by atoms with Gasteiger partial charge >= 0.3 is 0 Å². The molecule has 3 atom stereocenters. The zero-order valence-corrected chi connectivity index (χ0v) is 12.6. The van der Waals surface area contributed by atoms with E-state index in [-0.39, 0.29) is 0 Å². The Hall–Kier alpha value is -0.770. The molecule has 2 aliphatic rings. The van der Waals surface area contributed by atoms with Crippen molar-refractivity contribution in [1.29, 1.82) is 0 Å². The van der Waals surface area contributed by atoms with Crippen molar-refractivity contribution >= 4 is 5.84 Å². The number of fused-ring (bicyclic) bond motifs is 2. The van der Waals surface area contributed by atoms with Gasteiger partial charge in [0, 0.05) is 12.5 Å². The first-order valence-corrected chi connectivity index (χ1v) is 7.60. The van der Waals surface area contributed by atoms with Crippen LogP contribution in [0.25, 0.3) is 0 Å². The van der Waals surface area contributed by atoms with Crippen molar-refractivity contribution in [3.8, 4) is 0 Å². The molecule has 19 heavy (non-hydrogen) atoms. The lowest BCUT2D eigenvalue weighted by molar-refractivity contribution is 0.109. The van der Waals surface area contributed by atoms with Gasteiger partial charge in [-0.1, -0.05) is 25.9 Å². The number of hydrogen-bond acceptors (Lipinski definition) is 3. The third-order valence-corrected chi connectivity index (χ3v) is 5.61. The third kappa shape index (κ3) is 2.73. The van der Waals surface area contributed by atoms with E-state index in [0.29, 0.717) is 29.1 Å². The van der Waals surface area contributed by atoms with Crippen molar-refractivity contribution in [1.82, 2.24) is 5.32 Å². The van der Waals surface area contributed by atoms with Gasteiger partial charge in [0.05, 0.1) is 0 Å². The van der Waals surface area contributed by atoms with Crippen LogP contribution in [0.15, 0.2) is 5.16 Å². The molecule has 0 amide bonds. The van der Waals surface area contributed by atoms with E-state index in [1.165, 1.54) is 19.3 Å². The molecule has 0 aliphatic heterocycles. The van der Waals surface area contributed by atoms with Crippen LogP contribution in [0, 0.1) is 16.7 Å². The van der Waals surface area contributed by atoms with Gasteiger partial charge in [-0.15, -0.1) is 0 Å². The van der Waals surface area contributed by atoms with E-state index in [0.717, 1.165) is 25.3 Å². The number of nitrogens with zero attached hydrogens (tertiary/aromatic N) is 1. The summed E-state index contributed by atoms with van der Waals surface area (Å²) in [7, 11) is 0. The molecule has 4 N–H and O–H groups in total. The predicted octanol–water partition coefficient (Wildman–Crippen LogP) is 2.71. The zero-order chi connectivity index (χ0) is 14.1. The average Bonchev–Trinajstić information content (AvgIpc) is 2.83. The predicted molar refractivity (Wildman–Crippen MR) is 78.3 cm³/mol. The van der Waals surface area contributed by atoms with E-state index in [1.54, 1.807) is 0 Å². The number of nitrogens with two attached hydrogens (primary N) is 1. The Kier molecular flexibility index (Phi) is 4.09. The summed E-state index contributed by atoms with van der Waals surface area (Å²) in [5.41, 5.74) is 6.40. The van der Waals surface area contributed by atoms with Gasteiger partial charge in [0.1, 0.15) is 5.84 Å². The summed E-state index contributed by atoms with van der Waals surface area (Å²) in [5, 5.41) is 15.3. The Bertz CT molecular complexity index is 349. The van der Waals surface area contributed by atoms with Crippen LogP contribution in [0.1, 0.15) is 59.3 Å². The molecular formula is C15H29N3O. The molecule has 0 aromatic heterocycles. The average molecular weight is 267 g/mol. The van der Waals surface area contributed by atoms with Gasteiger partial charge < -0.3 is 16.3 Å². The Morgan fingerprint density at radius 3 is 2.68 bits per heavy atom. The van der Waals surface area contributed by atoms with Crippen LogP contribution in [-0.2, 0) is 0 Å². The molecule has 0 aromatic rings. The standard InChI is InChI=1S/C15H29N3O/c1-14(2)11-7-8-15(3,10-11)13(14)17-9-5-4-6-12(16)18-19/h11,13,17,19H,4-10H2,1-3H3,(H2,16,18). The van der Waals surface area contributed by atoms with E-state index in [9.17, 15) is 0 Å². The Balaban J connectivity index is 1.77. The number of amidine groups is 1. The van der Waals surface area contributed by atoms with E-state index in [4.69, 9.17) is 10.9 Å². The second-order valence-electron chi connectivity index (χ2n) is 7.35. The number of rotatable bonds is 6. The molecule has 2 rings (SSSR count). The molecule has 0 heterocycles. The molecule has 4 nitrogen and oxygen atoms in total. The van der Waals surface area contributed by atoms with Gasteiger partial charge in [0.2, 0.25) is 0 Å². The smallest absolute Gasteiger partial charge is 0.139 e. The highest BCUT2D eigenvalue weighted by Gasteiger charge is 2.58. The normalized spacial score (nSPS) is 36.9. The molecule has 110 valence electrons. The van der Waals surface area contributed by atoms with Crippen molar-refractivity contribution in [3.05, 3.63) is 0 Å². The van der Waals surface area contributed by atoms with E-state index in [1.807, 2.05) is 0 Å². The summed E-state index contributed by atoms with van der Waals surface area (Å²) in [6.45, 7) is 8.34. The fraction of sp³-hybridized carbons (Fsp3) is 0.933. The molecule has 2 saturated carbocycles. The molecule has 0 saturated heterocycles. The first kappa shape index (κ1) is 14.6. The highest BCUT2D eigenvalue weighted by atomic mass is 16.4. The van der Waals surface area contributed by atoms with Crippen LogP contribution < -0.4 is 11.1 Å². The van der Waals surface area contributed by atoms with Crippen LogP contribution in [0.4, 0.5) is 0 Å². The summed E-state index contributed by atoms with van der Waals surface area (Å²) < 4.78 is 0. The molecule has 0 radical (unpaired) electrons. The number of hydrogen-bond donors (Lipinski definition) is 3. The van der Waals surface area contributed by atoms with Crippen LogP contribution in [0.2, 0.25) is 0 Å². The molecular weight excluding hydrogens is 238 g/mol. The van der Waals surface area contributed by atoms with Gasteiger partial charge in [0.25, 0.3) is 0 Å². The highest BCUT2D eigenvalue weighted by Crippen LogP contribution is 2.62. The topological polar surface area (TPSA) is 70.6 Å². The number of nitrogens with one attached hydrogen (secondary N) is 1.